The molecule has 0 bridgehead atoms. The quantitative estimate of drug-likeness (QED) is 0.262. The largest absolute Gasteiger partial charge is 0.471 e. The molecule has 10 atom stereocenters. The van der Waals surface area contributed by atoms with Gasteiger partial charge in [-0.25, -0.2) is 4.79 Å². The van der Waals surface area contributed by atoms with Gasteiger partial charge in [0, 0.05) is 12.3 Å². The molecule has 160 valence electrons. The summed E-state index contributed by atoms with van der Waals surface area (Å²) in [5.74, 6) is -2.50. The molecule has 0 radical (unpaired) electrons. The molecule has 3 rings (SSSR count). The fourth-order valence-electron chi connectivity index (χ4n) is 4.21. The summed E-state index contributed by atoms with van der Waals surface area (Å²) in [5.41, 5.74) is -1.46. The summed E-state index contributed by atoms with van der Waals surface area (Å²) in [7, 11) is 1.17. The molecule has 0 aromatic heterocycles. The van der Waals surface area contributed by atoms with E-state index in [2.05, 4.69) is 0 Å². The zero-order valence-corrected chi connectivity index (χ0v) is 15.4. The second-order valence-corrected chi connectivity index (χ2v) is 7.58. The van der Waals surface area contributed by atoms with Crippen LogP contribution in [0.5, 0.6) is 0 Å². The Kier molecular flexibility index (Phi) is 5.99. The third kappa shape index (κ3) is 3.53. The zero-order chi connectivity index (χ0) is 20.8. The smallest absolute Gasteiger partial charge is 0.337 e. The Labute approximate surface area is 160 Å². The van der Waals surface area contributed by atoms with Crippen molar-refractivity contribution < 1.29 is 54.4 Å². The van der Waals surface area contributed by atoms with Crippen molar-refractivity contribution in [3.8, 4) is 0 Å². The summed E-state index contributed by atoms with van der Waals surface area (Å²) in [4.78, 5) is 12.0. The van der Waals surface area contributed by atoms with E-state index in [1.807, 2.05) is 0 Å². The van der Waals surface area contributed by atoms with E-state index in [9.17, 15) is 35.4 Å². The third-order valence-electron chi connectivity index (χ3n) is 5.66. The lowest BCUT2D eigenvalue weighted by Gasteiger charge is -2.44. The van der Waals surface area contributed by atoms with E-state index in [1.54, 1.807) is 0 Å². The molecule has 0 spiro atoms. The number of aliphatic hydroxyl groups is 6. The van der Waals surface area contributed by atoms with Crippen molar-refractivity contribution in [2.45, 2.75) is 62.0 Å². The van der Waals surface area contributed by atoms with Gasteiger partial charge in [0.2, 0.25) is 6.29 Å². The molecule has 2 heterocycles. The SMILES string of the molecule is COC(=O)C1=CO[C@@H](O[C@@H]2O[C@H](CO)[C@@H](O)[C@H](O)[C@H]2O)C2C1[C@H](O)C[C@]2(C)O. The highest BCUT2D eigenvalue weighted by Gasteiger charge is 2.59. The minimum Gasteiger partial charge on any atom is -0.471 e. The van der Waals surface area contributed by atoms with E-state index < -0.39 is 73.1 Å². The van der Waals surface area contributed by atoms with Crippen LogP contribution in [0.3, 0.4) is 0 Å². The van der Waals surface area contributed by atoms with Crippen LogP contribution in [0.4, 0.5) is 0 Å². The molecule has 3 aliphatic rings. The first-order chi connectivity index (χ1) is 13.1. The Morgan fingerprint density at radius 2 is 1.89 bits per heavy atom. The molecule has 0 aromatic rings. The van der Waals surface area contributed by atoms with E-state index >= 15 is 0 Å². The van der Waals surface area contributed by atoms with Crippen LogP contribution in [0.1, 0.15) is 13.3 Å². The number of aliphatic hydroxyl groups excluding tert-OH is 5. The Morgan fingerprint density at radius 3 is 2.50 bits per heavy atom. The topological polar surface area (TPSA) is 175 Å². The number of carbonyl (C=O) groups is 1. The van der Waals surface area contributed by atoms with E-state index in [0.29, 0.717) is 0 Å². The molecule has 2 unspecified atom stereocenters. The second-order valence-electron chi connectivity index (χ2n) is 7.58. The maximum Gasteiger partial charge on any atom is 0.337 e. The summed E-state index contributed by atoms with van der Waals surface area (Å²) in [6.45, 7) is 0.819. The number of rotatable bonds is 4. The number of hydrogen-bond acceptors (Lipinski definition) is 11. The van der Waals surface area contributed by atoms with Gasteiger partial charge < -0.3 is 49.6 Å². The monoisotopic (exact) mass is 406 g/mol. The maximum atomic E-state index is 12.0. The molecule has 2 fully saturated rings. The van der Waals surface area contributed by atoms with Crippen molar-refractivity contribution in [2.24, 2.45) is 11.8 Å². The lowest BCUT2D eigenvalue weighted by atomic mass is 9.80. The lowest BCUT2D eigenvalue weighted by Crippen LogP contribution is -2.60. The molecule has 6 N–H and O–H groups in total. The molecule has 1 saturated heterocycles. The molecule has 11 heteroatoms. The van der Waals surface area contributed by atoms with E-state index in [0.717, 1.165) is 6.26 Å². The van der Waals surface area contributed by atoms with Crippen molar-refractivity contribution in [2.75, 3.05) is 13.7 Å². The van der Waals surface area contributed by atoms with Crippen LogP contribution < -0.4 is 0 Å². The van der Waals surface area contributed by atoms with Crippen LogP contribution in [0, 0.1) is 11.8 Å². The molecule has 1 saturated carbocycles. The van der Waals surface area contributed by atoms with Crippen LogP contribution in [-0.2, 0) is 23.7 Å². The van der Waals surface area contributed by atoms with Crippen LogP contribution >= 0.6 is 0 Å². The minimum atomic E-state index is -1.66. The first-order valence-electron chi connectivity index (χ1n) is 8.92. The molecule has 0 amide bonds. The molecular weight excluding hydrogens is 380 g/mol. The van der Waals surface area contributed by atoms with Gasteiger partial charge in [-0.2, -0.15) is 0 Å². The number of fused-ring (bicyclic) bond motifs is 1. The Bertz CT molecular complexity index is 618. The highest BCUT2D eigenvalue weighted by Crippen LogP contribution is 2.49. The fourth-order valence-corrected chi connectivity index (χ4v) is 4.21. The minimum absolute atomic E-state index is 0.0337. The van der Waals surface area contributed by atoms with E-state index in [1.165, 1.54) is 14.0 Å². The van der Waals surface area contributed by atoms with E-state index in [4.69, 9.17) is 18.9 Å². The summed E-state index contributed by atoms with van der Waals surface area (Å²) in [6.07, 6.45) is -8.88. The highest BCUT2D eigenvalue weighted by atomic mass is 16.8. The van der Waals surface area contributed by atoms with Crippen LogP contribution in [-0.4, -0.2) is 99.0 Å². The van der Waals surface area contributed by atoms with Crippen molar-refractivity contribution in [3.63, 3.8) is 0 Å². The van der Waals surface area contributed by atoms with Gasteiger partial charge in [0.15, 0.2) is 6.29 Å². The van der Waals surface area contributed by atoms with Gasteiger partial charge in [-0.05, 0) is 6.92 Å². The number of hydrogen-bond donors (Lipinski definition) is 6. The number of carbonyl (C=O) groups excluding carboxylic acids is 1. The summed E-state index contributed by atoms with van der Waals surface area (Å²) in [5, 5.41) is 60.4. The average molecular weight is 406 g/mol. The maximum absolute atomic E-state index is 12.0. The summed E-state index contributed by atoms with van der Waals surface area (Å²) < 4.78 is 21.1. The van der Waals surface area contributed by atoms with Gasteiger partial charge in [-0.3, -0.25) is 0 Å². The van der Waals surface area contributed by atoms with Gasteiger partial charge in [0.1, 0.15) is 24.4 Å². The normalized spacial score (nSPS) is 48.4. The van der Waals surface area contributed by atoms with Crippen molar-refractivity contribution in [3.05, 3.63) is 11.8 Å². The van der Waals surface area contributed by atoms with Crippen molar-refractivity contribution >= 4 is 5.97 Å². The molecule has 1 aliphatic carbocycles. The van der Waals surface area contributed by atoms with Crippen LogP contribution in [0.25, 0.3) is 0 Å². The van der Waals surface area contributed by atoms with Gasteiger partial charge in [-0.15, -0.1) is 0 Å². The van der Waals surface area contributed by atoms with Gasteiger partial charge in [-0.1, -0.05) is 0 Å². The van der Waals surface area contributed by atoms with Crippen LogP contribution in [0.2, 0.25) is 0 Å². The molecular formula is C17H26O11. The highest BCUT2D eigenvalue weighted by molar-refractivity contribution is 5.89. The standard InChI is InChI=1S/C17H26O11/c1-17(24)3-7(19)9-6(14(23)25-2)5-26-15(10(9)17)28-16-13(22)12(21)11(20)8(4-18)27-16/h5,7-13,15-16,18-22,24H,3-4H2,1-2H3/t7-,8-,9?,10?,11-,12+,13-,15+,16+,17+/m1/s1. The first kappa shape index (κ1) is 21.4. The second kappa shape index (κ2) is 7.84. The van der Waals surface area contributed by atoms with Crippen LogP contribution in [0.15, 0.2) is 11.8 Å². The summed E-state index contributed by atoms with van der Waals surface area (Å²) in [6, 6.07) is 0. The van der Waals surface area contributed by atoms with Crippen molar-refractivity contribution in [1.29, 1.82) is 0 Å². The average Bonchev–Trinajstić information content (AvgIpc) is 2.91. The Balaban J connectivity index is 1.86. The number of ether oxygens (including phenoxy) is 4. The lowest BCUT2D eigenvalue weighted by molar-refractivity contribution is -0.346. The molecule has 0 aromatic carbocycles. The molecule has 28 heavy (non-hydrogen) atoms. The molecule has 2 aliphatic heterocycles. The predicted molar refractivity (Wildman–Crippen MR) is 88.1 cm³/mol. The Morgan fingerprint density at radius 1 is 1.21 bits per heavy atom. The predicted octanol–water partition coefficient (Wildman–Crippen LogP) is -3.04. The molecule has 11 nitrogen and oxygen atoms in total. The van der Waals surface area contributed by atoms with Crippen molar-refractivity contribution in [1.82, 2.24) is 0 Å². The first-order valence-corrected chi connectivity index (χ1v) is 8.92. The van der Waals surface area contributed by atoms with Gasteiger partial charge in [0.25, 0.3) is 0 Å². The number of methoxy groups -OCH3 is 1. The van der Waals surface area contributed by atoms with Gasteiger partial charge >= 0.3 is 5.97 Å². The summed E-state index contributed by atoms with van der Waals surface area (Å²) >= 11 is 0. The van der Waals surface area contributed by atoms with Gasteiger partial charge in [0.05, 0.1) is 43.2 Å². The van der Waals surface area contributed by atoms with E-state index in [-0.39, 0.29) is 12.0 Å². The zero-order valence-electron chi connectivity index (χ0n) is 15.4. The number of esters is 1. The Hall–Kier alpha value is -1.31. The fraction of sp³-hybridized carbons (Fsp3) is 0.824. The third-order valence-corrected chi connectivity index (χ3v) is 5.66.